The minimum atomic E-state index is -0.881. The predicted molar refractivity (Wildman–Crippen MR) is 95.1 cm³/mol. The molecule has 2 unspecified atom stereocenters. The van der Waals surface area contributed by atoms with Gasteiger partial charge in [-0.1, -0.05) is 28.4 Å². The van der Waals surface area contributed by atoms with E-state index in [1.165, 1.54) is 0 Å². The van der Waals surface area contributed by atoms with E-state index in [2.05, 4.69) is 36.9 Å². The van der Waals surface area contributed by atoms with E-state index in [1.54, 1.807) is 6.07 Å². The van der Waals surface area contributed by atoms with Gasteiger partial charge < -0.3 is 15.6 Å². The van der Waals surface area contributed by atoms with Gasteiger partial charge >= 0.3 is 6.03 Å². The second kappa shape index (κ2) is 5.87. The van der Waals surface area contributed by atoms with Gasteiger partial charge in [-0.3, -0.25) is 14.9 Å². The Hall–Kier alpha value is -2.35. The Labute approximate surface area is 152 Å². The molecule has 4 rings (SSSR count). The minimum Gasteiger partial charge on any atom is -0.350 e. The van der Waals surface area contributed by atoms with E-state index in [-0.39, 0.29) is 17.7 Å². The maximum Gasteiger partial charge on any atom is 0.322 e. The topological polar surface area (TPSA) is 103 Å². The fourth-order valence-electron chi connectivity index (χ4n) is 3.87. The summed E-state index contributed by atoms with van der Waals surface area (Å²) in [6.45, 7) is 0.336. The summed E-state index contributed by atoms with van der Waals surface area (Å²) in [5.74, 6) is -0.627. The molecule has 2 aliphatic rings. The second-order valence-electron chi connectivity index (χ2n) is 6.56. The number of nitrogens with one attached hydrogen (secondary N) is 4. The van der Waals surface area contributed by atoms with Gasteiger partial charge in [-0.2, -0.15) is 0 Å². The Balaban J connectivity index is 1.49. The van der Waals surface area contributed by atoms with E-state index in [1.807, 2.05) is 18.2 Å². The van der Waals surface area contributed by atoms with Crippen molar-refractivity contribution < 1.29 is 14.4 Å². The van der Waals surface area contributed by atoms with Crippen molar-refractivity contribution in [3.05, 3.63) is 34.4 Å². The van der Waals surface area contributed by atoms with E-state index in [0.29, 0.717) is 18.7 Å². The molecule has 130 valence electrons. The number of halogens is 1. The van der Waals surface area contributed by atoms with Crippen LogP contribution in [0.5, 0.6) is 0 Å². The van der Waals surface area contributed by atoms with Crippen molar-refractivity contribution in [2.24, 2.45) is 5.92 Å². The highest BCUT2D eigenvalue weighted by molar-refractivity contribution is 9.10. The second-order valence-corrected chi connectivity index (χ2v) is 7.42. The molecule has 25 heavy (non-hydrogen) atoms. The van der Waals surface area contributed by atoms with E-state index in [4.69, 9.17) is 0 Å². The number of H-pyrrole nitrogens is 1. The van der Waals surface area contributed by atoms with Crippen molar-refractivity contribution in [2.45, 2.75) is 24.8 Å². The van der Waals surface area contributed by atoms with Gasteiger partial charge in [0, 0.05) is 27.8 Å². The number of amides is 4. The number of imide groups is 1. The number of benzene rings is 1. The zero-order valence-electron chi connectivity index (χ0n) is 13.3. The van der Waals surface area contributed by atoms with Gasteiger partial charge in [-0.05, 0) is 31.0 Å². The first-order valence-electron chi connectivity index (χ1n) is 8.19. The largest absolute Gasteiger partial charge is 0.350 e. The molecule has 1 aliphatic heterocycles. The normalized spacial score (nSPS) is 25.4. The lowest BCUT2D eigenvalue weighted by Crippen LogP contribution is -2.53. The van der Waals surface area contributed by atoms with Crippen molar-refractivity contribution in [1.29, 1.82) is 0 Å². The maximum atomic E-state index is 12.5. The quantitative estimate of drug-likeness (QED) is 0.588. The zero-order chi connectivity index (χ0) is 17.6. The predicted octanol–water partition coefficient (Wildman–Crippen LogP) is 2.04. The van der Waals surface area contributed by atoms with Crippen molar-refractivity contribution in [3.8, 4) is 0 Å². The standard InChI is InChI=1S/C17H17BrN4O3/c18-11-4-1-5-12-10(11)7-13(20-12)14(23)19-8-9-3-2-6-17(9)15(24)21-16(25)22-17/h1,4-5,7,9,20H,2-3,6,8H2,(H,19,23)(H2,21,22,24,25). The summed E-state index contributed by atoms with van der Waals surface area (Å²) < 4.78 is 0.917. The van der Waals surface area contributed by atoms with Crippen molar-refractivity contribution >= 4 is 44.7 Å². The monoisotopic (exact) mass is 404 g/mol. The summed E-state index contributed by atoms with van der Waals surface area (Å²) in [6.07, 6.45) is 2.23. The fourth-order valence-corrected chi connectivity index (χ4v) is 4.36. The number of aromatic nitrogens is 1. The van der Waals surface area contributed by atoms with Crippen LogP contribution in [0.3, 0.4) is 0 Å². The van der Waals surface area contributed by atoms with Crippen LogP contribution in [-0.2, 0) is 4.79 Å². The number of fused-ring (bicyclic) bond motifs is 1. The molecule has 2 atom stereocenters. The van der Waals surface area contributed by atoms with E-state index in [0.717, 1.165) is 28.2 Å². The molecular formula is C17H17BrN4O3. The third-order valence-electron chi connectivity index (χ3n) is 5.15. The summed E-state index contributed by atoms with van der Waals surface area (Å²) in [5.41, 5.74) is 0.460. The van der Waals surface area contributed by atoms with E-state index >= 15 is 0 Å². The molecule has 8 heteroatoms. The molecule has 7 nitrogen and oxygen atoms in total. The van der Waals surface area contributed by atoms with Crippen LogP contribution in [0.15, 0.2) is 28.7 Å². The summed E-state index contributed by atoms with van der Waals surface area (Å²) in [5, 5.41) is 8.89. The molecular weight excluding hydrogens is 388 g/mol. The number of carbonyl (C=O) groups excluding carboxylic acids is 3. The number of urea groups is 1. The highest BCUT2D eigenvalue weighted by Crippen LogP contribution is 2.37. The zero-order valence-corrected chi connectivity index (χ0v) is 14.9. The molecule has 2 heterocycles. The average molecular weight is 405 g/mol. The summed E-state index contributed by atoms with van der Waals surface area (Å²) in [6, 6.07) is 7.06. The fraction of sp³-hybridized carbons (Fsp3) is 0.353. The van der Waals surface area contributed by atoms with Crippen molar-refractivity contribution in [3.63, 3.8) is 0 Å². The van der Waals surface area contributed by atoms with Crippen molar-refractivity contribution in [1.82, 2.24) is 20.9 Å². The van der Waals surface area contributed by atoms with Crippen LogP contribution in [0.4, 0.5) is 4.79 Å². The highest BCUT2D eigenvalue weighted by atomic mass is 79.9. The molecule has 4 amide bonds. The number of aromatic amines is 1. The lowest BCUT2D eigenvalue weighted by atomic mass is 9.87. The van der Waals surface area contributed by atoms with Crippen LogP contribution < -0.4 is 16.0 Å². The summed E-state index contributed by atoms with van der Waals surface area (Å²) in [4.78, 5) is 39.3. The van der Waals surface area contributed by atoms with Crippen LogP contribution in [0, 0.1) is 5.92 Å². The Bertz CT molecular complexity index is 893. The third kappa shape index (κ3) is 2.60. The van der Waals surface area contributed by atoms with Crippen LogP contribution >= 0.6 is 15.9 Å². The molecule has 1 saturated carbocycles. The number of hydrogen-bond acceptors (Lipinski definition) is 3. The van der Waals surface area contributed by atoms with Gasteiger partial charge in [0.25, 0.3) is 11.8 Å². The van der Waals surface area contributed by atoms with Crippen LogP contribution in [0.25, 0.3) is 10.9 Å². The SMILES string of the molecule is O=C1NC(=O)C2(CCCC2CNC(=O)c2cc3c(Br)cccc3[nH]2)N1. The van der Waals surface area contributed by atoms with Crippen LogP contribution in [-0.4, -0.2) is 34.9 Å². The molecule has 0 radical (unpaired) electrons. The van der Waals surface area contributed by atoms with Crippen molar-refractivity contribution in [2.75, 3.05) is 6.54 Å². The Morgan fingerprint density at radius 1 is 1.36 bits per heavy atom. The van der Waals surface area contributed by atoms with Gasteiger partial charge in [0.2, 0.25) is 0 Å². The first kappa shape index (κ1) is 16.1. The molecule has 2 fully saturated rings. The van der Waals surface area contributed by atoms with Gasteiger partial charge in [-0.15, -0.1) is 0 Å². The third-order valence-corrected chi connectivity index (χ3v) is 5.85. The van der Waals surface area contributed by atoms with Crippen LogP contribution in [0.1, 0.15) is 29.8 Å². The Morgan fingerprint density at radius 2 is 2.20 bits per heavy atom. The summed E-state index contributed by atoms with van der Waals surface area (Å²) >= 11 is 3.47. The molecule has 1 aliphatic carbocycles. The van der Waals surface area contributed by atoms with Gasteiger partial charge in [0.15, 0.2) is 0 Å². The van der Waals surface area contributed by atoms with Gasteiger partial charge in [0.1, 0.15) is 11.2 Å². The molecule has 1 aromatic heterocycles. The molecule has 1 spiro atoms. The first-order valence-corrected chi connectivity index (χ1v) is 8.98. The first-order chi connectivity index (χ1) is 12.0. The highest BCUT2D eigenvalue weighted by Gasteiger charge is 2.54. The minimum absolute atomic E-state index is 0.112. The molecule has 0 bridgehead atoms. The Kier molecular flexibility index (Phi) is 3.79. The number of carbonyl (C=O) groups is 3. The number of rotatable bonds is 3. The molecule has 4 N–H and O–H groups in total. The lowest BCUT2D eigenvalue weighted by molar-refractivity contribution is -0.125. The lowest BCUT2D eigenvalue weighted by Gasteiger charge is -2.28. The van der Waals surface area contributed by atoms with Gasteiger partial charge in [-0.25, -0.2) is 4.79 Å². The van der Waals surface area contributed by atoms with Gasteiger partial charge in [0.05, 0.1) is 0 Å². The summed E-state index contributed by atoms with van der Waals surface area (Å²) in [7, 11) is 0. The van der Waals surface area contributed by atoms with Crippen LogP contribution in [0.2, 0.25) is 0 Å². The smallest absolute Gasteiger partial charge is 0.322 e. The molecule has 1 saturated heterocycles. The molecule has 1 aromatic carbocycles. The average Bonchev–Trinajstić information content (AvgIpc) is 3.24. The Morgan fingerprint density at radius 3 is 2.92 bits per heavy atom. The van der Waals surface area contributed by atoms with E-state index in [9.17, 15) is 14.4 Å². The number of hydrogen-bond donors (Lipinski definition) is 4. The maximum absolute atomic E-state index is 12.5. The van der Waals surface area contributed by atoms with E-state index < -0.39 is 11.6 Å². The molecule has 2 aromatic rings.